The maximum atomic E-state index is 12.7. The van der Waals surface area contributed by atoms with E-state index < -0.39 is 48.8 Å². The first-order chi connectivity index (χ1) is 35.1. The van der Waals surface area contributed by atoms with E-state index in [4.69, 9.17) is 23.8 Å². The van der Waals surface area contributed by atoms with Crippen LogP contribution in [0.15, 0.2) is 94.4 Å². The first-order valence-corrected chi connectivity index (χ1v) is 27.8. The molecule has 0 radical (unpaired) electrons. The number of methoxy groups -OCH3 is 2. The second-order valence-electron chi connectivity index (χ2n) is 19.7. The zero-order valence-corrected chi connectivity index (χ0v) is 44.9. The van der Waals surface area contributed by atoms with Gasteiger partial charge in [-0.3, -0.25) is 18.7 Å². The minimum Gasteiger partial charge on any atom is -0.382 e. The number of carbonyl (C=O) groups excluding carboxylic acids is 3. The lowest BCUT2D eigenvalue weighted by molar-refractivity contribution is -0.442. The van der Waals surface area contributed by atoms with E-state index in [1.54, 1.807) is 26.4 Å². The highest BCUT2D eigenvalue weighted by atomic mass is 32.2. The van der Waals surface area contributed by atoms with Crippen molar-refractivity contribution >= 4 is 76.7 Å². The molecule has 4 aromatic rings. The van der Waals surface area contributed by atoms with Crippen LogP contribution < -0.4 is 4.90 Å². The summed E-state index contributed by atoms with van der Waals surface area (Å²) in [6.07, 6.45) is 12.9. The van der Waals surface area contributed by atoms with Gasteiger partial charge in [-0.05, 0) is 135 Å². The molecule has 7 rings (SSSR count). The molecule has 3 aliphatic rings. The van der Waals surface area contributed by atoms with Crippen molar-refractivity contribution in [2.75, 3.05) is 71.9 Å². The molecule has 1 fully saturated rings. The number of amides is 2. The molecule has 3 heterocycles. The number of fused-ring (bicyclic) bond motifs is 6. The molecule has 1 unspecified atom stereocenters. The van der Waals surface area contributed by atoms with Gasteiger partial charge in [0.15, 0.2) is 12.3 Å². The molecule has 19 heteroatoms. The van der Waals surface area contributed by atoms with Gasteiger partial charge in [-0.2, -0.15) is 21.4 Å². The van der Waals surface area contributed by atoms with Gasteiger partial charge in [0.05, 0.1) is 41.6 Å². The highest BCUT2D eigenvalue weighted by molar-refractivity contribution is 7.86. The third-order valence-electron chi connectivity index (χ3n) is 14.2. The summed E-state index contributed by atoms with van der Waals surface area (Å²) >= 11 is 0. The predicted octanol–water partition coefficient (Wildman–Crippen LogP) is 8.53. The average Bonchev–Trinajstić information content (AvgIpc) is 3.87. The predicted molar refractivity (Wildman–Crippen MR) is 281 cm³/mol. The van der Waals surface area contributed by atoms with Crippen molar-refractivity contribution in [3.63, 3.8) is 0 Å². The number of unbranched alkanes of at least 4 members (excludes halogenated alkanes) is 2. The molecule has 2 N–H and O–H groups in total. The number of rotatable bonds is 25. The molecule has 2 amide bonds. The second kappa shape index (κ2) is 23.5. The lowest BCUT2D eigenvalue weighted by atomic mass is 9.75. The van der Waals surface area contributed by atoms with Gasteiger partial charge in [0, 0.05) is 81.1 Å². The van der Waals surface area contributed by atoms with Gasteiger partial charge in [0.25, 0.3) is 32.1 Å². The zero-order chi connectivity index (χ0) is 53.6. The Morgan fingerprint density at radius 1 is 0.703 bits per heavy atom. The van der Waals surface area contributed by atoms with Crippen LogP contribution >= 0.6 is 0 Å². The van der Waals surface area contributed by atoms with E-state index in [9.17, 15) is 40.3 Å². The summed E-state index contributed by atoms with van der Waals surface area (Å²) in [4.78, 5) is 43.8. The van der Waals surface area contributed by atoms with Gasteiger partial charge in [0.1, 0.15) is 6.61 Å². The molecule has 17 nitrogen and oxygen atoms in total. The van der Waals surface area contributed by atoms with Crippen LogP contribution in [0.2, 0.25) is 0 Å². The topological polar surface area (TPSA) is 216 Å². The minimum atomic E-state index is -4.57. The number of hydrogen-bond donors (Lipinski definition) is 2. The number of allylic oxidation sites excluding steroid dienone is 6. The van der Waals surface area contributed by atoms with Crippen molar-refractivity contribution in [2.24, 2.45) is 0 Å². The normalized spacial score (nSPS) is 18.4. The highest BCUT2D eigenvalue weighted by Crippen LogP contribution is 2.54. The quantitative estimate of drug-likeness (QED) is 0.0209. The smallest absolute Gasteiger partial charge is 0.333 e. The van der Waals surface area contributed by atoms with E-state index in [1.165, 1.54) is 12.1 Å². The summed E-state index contributed by atoms with van der Waals surface area (Å²) in [6, 6.07) is 14.1. The summed E-state index contributed by atoms with van der Waals surface area (Å²) in [5, 5.41) is 3.67. The average molecular weight is 1060 g/mol. The molecular formula is C55H68N3O14S2+. The number of ether oxygens (including phenoxy) is 4. The number of hydrogen-bond acceptors (Lipinski definition) is 13. The summed E-state index contributed by atoms with van der Waals surface area (Å²) < 4.78 is 95.2. The van der Waals surface area contributed by atoms with E-state index in [0.717, 1.165) is 50.1 Å². The first-order valence-electron chi connectivity index (χ1n) is 24.9. The summed E-state index contributed by atoms with van der Waals surface area (Å²) in [6.45, 7) is 13.6. The van der Waals surface area contributed by atoms with Crippen molar-refractivity contribution in [3.05, 3.63) is 107 Å². The van der Waals surface area contributed by atoms with Crippen LogP contribution in [0.5, 0.6) is 0 Å². The van der Waals surface area contributed by atoms with Crippen LogP contribution in [0.3, 0.4) is 0 Å². The minimum absolute atomic E-state index is 0.00218. The van der Waals surface area contributed by atoms with Crippen molar-refractivity contribution in [2.45, 2.75) is 107 Å². The van der Waals surface area contributed by atoms with E-state index in [2.05, 4.69) is 42.4 Å². The molecule has 0 aromatic heterocycles. The summed E-state index contributed by atoms with van der Waals surface area (Å²) in [5.41, 5.74) is 5.50. The maximum absolute atomic E-state index is 12.7. The number of anilines is 1. The molecule has 3 aliphatic heterocycles. The van der Waals surface area contributed by atoms with Crippen molar-refractivity contribution in [1.82, 2.24) is 5.06 Å². The molecule has 0 saturated carbocycles. The Labute approximate surface area is 433 Å². The molecule has 4 aromatic carbocycles. The maximum Gasteiger partial charge on any atom is 0.333 e. The van der Waals surface area contributed by atoms with E-state index in [1.807, 2.05) is 56.4 Å². The second-order valence-corrected chi connectivity index (χ2v) is 22.5. The van der Waals surface area contributed by atoms with Crippen LogP contribution in [-0.2, 0) is 69.2 Å². The third-order valence-corrected chi connectivity index (χ3v) is 15.9. The van der Waals surface area contributed by atoms with E-state index in [0.29, 0.717) is 106 Å². The first kappa shape index (κ1) is 56.1. The lowest BCUT2D eigenvalue weighted by Gasteiger charge is -2.31. The molecule has 1 atom stereocenters. The lowest BCUT2D eigenvalue weighted by Crippen LogP contribution is -2.32. The SMILES string of the molecule is COCCOCCCN1/C(=C/C=C/C=C/C2=[N+](CCOCCOC)c3ccc4c(C)cc(S(=O)(=O)O)cc4c3C2(C)C)C(C)(CCCCCC(=O)ON2C(=O)CCC2=O)c2c1ccc1c(C)cc(S(=O)(=O)O)cc21. The van der Waals surface area contributed by atoms with Gasteiger partial charge >= 0.3 is 5.97 Å². The summed E-state index contributed by atoms with van der Waals surface area (Å²) in [5.74, 6) is -1.75. The molecule has 0 spiro atoms. The molecule has 0 aliphatic carbocycles. The van der Waals surface area contributed by atoms with Crippen molar-refractivity contribution < 1.29 is 68.7 Å². The molecule has 398 valence electrons. The Bertz CT molecular complexity index is 3160. The highest BCUT2D eigenvalue weighted by Gasteiger charge is 2.47. The Hall–Kier alpha value is -5.64. The Morgan fingerprint density at radius 2 is 1.30 bits per heavy atom. The molecular weight excluding hydrogens is 991 g/mol. The fourth-order valence-electron chi connectivity index (χ4n) is 10.7. The van der Waals surface area contributed by atoms with E-state index >= 15 is 0 Å². The van der Waals surface area contributed by atoms with Crippen LogP contribution in [0.4, 0.5) is 11.4 Å². The Kier molecular flexibility index (Phi) is 17.8. The largest absolute Gasteiger partial charge is 0.382 e. The summed E-state index contributed by atoms with van der Waals surface area (Å²) in [7, 11) is -5.84. The molecule has 74 heavy (non-hydrogen) atoms. The van der Waals surface area contributed by atoms with Gasteiger partial charge < -0.3 is 28.7 Å². The molecule has 0 bridgehead atoms. The van der Waals surface area contributed by atoms with Crippen molar-refractivity contribution in [3.8, 4) is 0 Å². The number of carbonyl (C=O) groups is 3. The van der Waals surface area contributed by atoms with Crippen LogP contribution in [0.25, 0.3) is 21.5 Å². The van der Waals surface area contributed by atoms with Crippen LogP contribution in [-0.4, -0.2) is 126 Å². The van der Waals surface area contributed by atoms with E-state index in [-0.39, 0.29) is 29.1 Å². The monoisotopic (exact) mass is 1060 g/mol. The fraction of sp³-hybridized carbons (Fsp3) is 0.455. The van der Waals surface area contributed by atoms with Gasteiger partial charge in [0.2, 0.25) is 5.69 Å². The standard InChI is InChI=1S/C55H67N3O14S2/c1-37-33-39(73(62,63)64)35-43-41(37)18-20-45-52(43)54(3,4)47(57(45)26-28-71-32-30-69-7)15-10-8-11-16-48-55(5,24-13-9-12-17-51(61)72-58-49(59)22-23-50(58)60)53-44-36-40(74(65,66)67)34-38(2)42(44)19-21-46(53)56(48)25-14-27-70-31-29-68-6/h8,10-11,15-16,18-21,33-36H,9,12-14,17,22-32H2,1-7H3,(H-,62,63,64,65,66,67)/p+1. The number of nitrogens with zero attached hydrogens (tertiary/aromatic N) is 3. The van der Waals surface area contributed by atoms with Crippen LogP contribution in [0, 0.1) is 13.8 Å². The van der Waals surface area contributed by atoms with Gasteiger partial charge in [-0.15, -0.1) is 5.06 Å². The Balaban J connectivity index is 1.27. The zero-order valence-electron chi connectivity index (χ0n) is 43.3. The number of imide groups is 1. The van der Waals surface area contributed by atoms with Gasteiger partial charge in [-0.1, -0.05) is 37.1 Å². The Morgan fingerprint density at radius 3 is 1.91 bits per heavy atom. The third kappa shape index (κ3) is 12.1. The fourth-order valence-corrected chi connectivity index (χ4v) is 11.8. The van der Waals surface area contributed by atoms with Crippen LogP contribution in [0.1, 0.15) is 94.4 Å². The van der Waals surface area contributed by atoms with Crippen molar-refractivity contribution in [1.29, 1.82) is 0 Å². The number of aryl methyl sites for hydroxylation is 2. The molecule has 1 saturated heterocycles. The number of benzene rings is 4. The number of hydroxylamine groups is 2. The van der Waals surface area contributed by atoms with Gasteiger partial charge in [-0.25, -0.2) is 4.79 Å².